The highest BCUT2D eigenvalue weighted by molar-refractivity contribution is 5.86. The average Bonchev–Trinajstić information content (AvgIpc) is 2.14. The van der Waals surface area contributed by atoms with Crippen molar-refractivity contribution in [2.24, 2.45) is 16.9 Å². The van der Waals surface area contributed by atoms with E-state index in [4.69, 9.17) is 11.5 Å². The molecule has 0 aromatic carbocycles. The molecule has 102 valence electrons. The Morgan fingerprint density at radius 2 is 1.88 bits per heavy atom. The number of carbonyl (C=O) groups is 2. The van der Waals surface area contributed by atoms with Gasteiger partial charge in [0, 0.05) is 13.6 Å². The molecule has 0 heterocycles. The fourth-order valence-electron chi connectivity index (χ4n) is 1.39. The number of hydrogen-bond donors (Lipinski definition) is 3. The molecule has 0 aliphatic rings. The second-order valence-corrected chi connectivity index (χ2v) is 4.79. The van der Waals surface area contributed by atoms with Crippen molar-refractivity contribution < 1.29 is 9.59 Å². The van der Waals surface area contributed by atoms with Gasteiger partial charge in [-0.25, -0.2) is 4.79 Å². The number of primary amides is 1. The quantitative estimate of drug-likeness (QED) is 0.648. The summed E-state index contributed by atoms with van der Waals surface area (Å²) < 4.78 is 0. The Balaban J connectivity index is 0. The number of likely N-dealkylation sites (N-methyl/N-ethyl adjacent to an activating group) is 1. The minimum Gasteiger partial charge on any atom is -0.352 e. The van der Waals surface area contributed by atoms with Gasteiger partial charge in [0.2, 0.25) is 5.91 Å². The van der Waals surface area contributed by atoms with Crippen LogP contribution in [0.3, 0.4) is 0 Å². The Hall–Kier alpha value is -1.01. The van der Waals surface area contributed by atoms with Crippen molar-refractivity contribution in [2.75, 3.05) is 20.1 Å². The lowest BCUT2D eigenvalue weighted by atomic mass is 9.93. The van der Waals surface area contributed by atoms with Gasteiger partial charge in [-0.1, -0.05) is 13.8 Å². The zero-order chi connectivity index (χ0) is 12.9. The van der Waals surface area contributed by atoms with Crippen LogP contribution in [0, 0.1) is 5.41 Å². The molecule has 3 amide bonds. The fraction of sp³-hybridized carbons (Fsp3) is 0.800. The van der Waals surface area contributed by atoms with E-state index in [1.807, 2.05) is 13.8 Å². The molecule has 0 aromatic rings. The number of urea groups is 1. The summed E-state index contributed by atoms with van der Waals surface area (Å²) in [5, 5.41) is 2.34. The van der Waals surface area contributed by atoms with Crippen LogP contribution in [0.1, 0.15) is 20.8 Å². The summed E-state index contributed by atoms with van der Waals surface area (Å²) in [4.78, 5) is 23.9. The maximum Gasteiger partial charge on any atom is 0.312 e. The first-order valence-electron chi connectivity index (χ1n) is 5.20. The molecule has 0 aromatic heterocycles. The number of halogens is 1. The summed E-state index contributed by atoms with van der Waals surface area (Å²) in [6.07, 6.45) is 0. The summed E-state index contributed by atoms with van der Waals surface area (Å²) in [7, 11) is 1.68. The lowest BCUT2D eigenvalue weighted by Crippen LogP contribution is -2.50. The van der Waals surface area contributed by atoms with Crippen molar-refractivity contribution in [3.05, 3.63) is 0 Å². The molecule has 1 unspecified atom stereocenters. The van der Waals surface area contributed by atoms with Crippen molar-refractivity contribution in [3.63, 3.8) is 0 Å². The van der Waals surface area contributed by atoms with Crippen molar-refractivity contribution in [1.29, 1.82) is 0 Å². The van der Waals surface area contributed by atoms with Crippen molar-refractivity contribution in [2.45, 2.75) is 26.8 Å². The Morgan fingerprint density at radius 1 is 1.41 bits per heavy atom. The van der Waals surface area contributed by atoms with Crippen molar-refractivity contribution in [1.82, 2.24) is 10.2 Å². The van der Waals surface area contributed by atoms with E-state index in [1.54, 1.807) is 18.9 Å². The SMILES string of the molecule is CC(NC(N)=O)C(=O)N(C)CC(C)(C)CN.Cl. The molecular formula is C10H23ClN4O2. The Kier molecular flexibility index (Phi) is 7.93. The Labute approximate surface area is 108 Å². The zero-order valence-electron chi connectivity index (χ0n) is 10.8. The first kappa shape index (κ1) is 18.4. The Morgan fingerprint density at radius 3 is 2.24 bits per heavy atom. The normalized spacial score (nSPS) is 12.3. The molecule has 0 bridgehead atoms. The first-order valence-corrected chi connectivity index (χ1v) is 5.20. The highest BCUT2D eigenvalue weighted by Gasteiger charge is 2.24. The number of nitrogens with zero attached hydrogens (tertiary/aromatic N) is 1. The van der Waals surface area contributed by atoms with Crippen LogP contribution in [0.4, 0.5) is 4.79 Å². The van der Waals surface area contributed by atoms with Gasteiger partial charge in [0.25, 0.3) is 0 Å². The van der Waals surface area contributed by atoms with Crippen LogP contribution in [-0.2, 0) is 4.79 Å². The van der Waals surface area contributed by atoms with E-state index in [-0.39, 0.29) is 23.7 Å². The van der Waals surface area contributed by atoms with E-state index in [0.29, 0.717) is 13.1 Å². The third-order valence-corrected chi connectivity index (χ3v) is 2.32. The summed E-state index contributed by atoms with van der Waals surface area (Å²) >= 11 is 0. The van der Waals surface area contributed by atoms with Gasteiger partial charge in [0.15, 0.2) is 0 Å². The molecule has 0 rings (SSSR count). The van der Waals surface area contributed by atoms with E-state index in [2.05, 4.69) is 5.32 Å². The van der Waals surface area contributed by atoms with Crippen LogP contribution in [0.2, 0.25) is 0 Å². The molecule has 0 aliphatic carbocycles. The molecule has 7 heteroatoms. The predicted molar refractivity (Wildman–Crippen MR) is 69.9 cm³/mol. The highest BCUT2D eigenvalue weighted by Crippen LogP contribution is 2.14. The third kappa shape index (κ3) is 7.01. The predicted octanol–water partition coefficient (Wildman–Crippen LogP) is -0.0917. The third-order valence-electron chi connectivity index (χ3n) is 2.32. The lowest BCUT2D eigenvalue weighted by molar-refractivity contribution is -0.132. The summed E-state index contributed by atoms with van der Waals surface area (Å²) in [6.45, 7) is 6.57. The largest absolute Gasteiger partial charge is 0.352 e. The number of nitrogens with two attached hydrogens (primary N) is 2. The molecule has 0 spiro atoms. The standard InChI is InChI=1S/C10H22N4O2.ClH/c1-7(13-9(12)16)8(15)14(4)6-10(2,3)5-11;/h7H,5-6,11H2,1-4H3,(H3,12,13,16);1H. The fourth-order valence-corrected chi connectivity index (χ4v) is 1.39. The molecule has 0 radical (unpaired) electrons. The van der Waals surface area contributed by atoms with Crippen LogP contribution in [0.15, 0.2) is 0 Å². The van der Waals surface area contributed by atoms with E-state index in [9.17, 15) is 9.59 Å². The Bertz CT molecular complexity index is 271. The smallest absolute Gasteiger partial charge is 0.312 e. The minimum atomic E-state index is -0.702. The van der Waals surface area contributed by atoms with Gasteiger partial charge in [0.05, 0.1) is 0 Å². The van der Waals surface area contributed by atoms with E-state index < -0.39 is 12.1 Å². The van der Waals surface area contributed by atoms with Gasteiger partial charge in [-0.05, 0) is 18.9 Å². The molecule has 0 fully saturated rings. The van der Waals surface area contributed by atoms with Gasteiger partial charge in [0.1, 0.15) is 6.04 Å². The van der Waals surface area contributed by atoms with E-state index in [0.717, 1.165) is 0 Å². The maximum atomic E-state index is 11.8. The van der Waals surface area contributed by atoms with Crippen LogP contribution < -0.4 is 16.8 Å². The van der Waals surface area contributed by atoms with E-state index in [1.165, 1.54) is 0 Å². The van der Waals surface area contributed by atoms with Crippen LogP contribution in [0.5, 0.6) is 0 Å². The second kappa shape index (κ2) is 7.34. The van der Waals surface area contributed by atoms with Gasteiger partial charge in [-0.3, -0.25) is 4.79 Å². The topological polar surface area (TPSA) is 101 Å². The lowest BCUT2D eigenvalue weighted by Gasteiger charge is -2.30. The van der Waals surface area contributed by atoms with Gasteiger partial charge >= 0.3 is 6.03 Å². The van der Waals surface area contributed by atoms with Crippen LogP contribution in [0.25, 0.3) is 0 Å². The van der Waals surface area contributed by atoms with Gasteiger partial charge in [-0.15, -0.1) is 12.4 Å². The zero-order valence-corrected chi connectivity index (χ0v) is 11.6. The molecule has 1 atom stereocenters. The molecule has 17 heavy (non-hydrogen) atoms. The summed E-state index contributed by atoms with van der Waals surface area (Å²) in [6, 6.07) is -1.32. The summed E-state index contributed by atoms with van der Waals surface area (Å²) in [5.41, 5.74) is 10.4. The number of carbonyl (C=O) groups excluding carboxylic acids is 2. The number of amides is 3. The van der Waals surface area contributed by atoms with Crippen LogP contribution >= 0.6 is 12.4 Å². The van der Waals surface area contributed by atoms with E-state index >= 15 is 0 Å². The molecule has 6 nitrogen and oxygen atoms in total. The summed E-state index contributed by atoms with van der Waals surface area (Å²) in [5.74, 6) is -0.180. The number of rotatable bonds is 5. The maximum absolute atomic E-state index is 11.8. The minimum absolute atomic E-state index is 0. The van der Waals surface area contributed by atoms with Gasteiger partial charge < -0.3 is 21.7 Å². The molecule has 0 saturated heterocycles. The molecule has 0 saturated carbocycles. The second-order valence-electron chi connectivity index (χ2n) is 4.79. The monoisotopic (exact) mass is 266 g/mol. The average molecular weight is 267 g/mol. The molecule has 0 aliphatic heterocycles. The molecule has 5 N–H and O–H groups in total. The van der Waals surface area contributed by atoms with Gasteiger partial charge in [-0.2, -0.15) is 0 Å². The van der Waals surface area contributed by atoms with Crippen molar-refractivity contribution >= 4 is 24.3 Å². The molecular weight excluding hydrogens is 244 g/mol. The van der Waals surface area contributed by atoms with Crippen LogP contribution in [-0.4, -0.2) is 43.0 Å². The first-order chi connectivity index (χ1) is 7.19. The van der Waals surface area contributed by atoms with Crippen molar-refractivity contribution in [3.8, 4) is 0 Å². The number of nitrogens with one attached hydrogen (secondary N) is 1. The highest BCUT2D eigenvalue weighted by atomic mass is 35.5. The number of hydrogen-bond acceptors (Lipinski definition) is 3.